The van der Waals surface area contributed by atoms with Gasteiger partial charge in [-0.1, -0.05) is 13.3 Å². The molecule has 0 unspecified atom stereocenters. The number of hydrogen-bond donors (Lipinski definition) is 4. The number of methoxy groups -OCH3 is 1. The van der Waals surface area contributed by atoms with Gasteiger partial charge in [-0.25, -0.2) is 4.79 Å². The van der Waals surface area contributed by atoms with Gasteiger partial charge < -0.3 is 20.6 Å². The molecule has 0 aromatic carbocycles. The molecule has 0 aliphatic rings. The van der Waals surface area contributed by atoms with Crippen molar-refractivity contribution < 1.29 is 27.8 Å². The van der Waals surface area contributed by atoms with Crippen LogP contribution in [0, 0.1) is 5.41 Å². The van der Waals surface area contributed by atoms with Crippen molar-refractivity contribution in [3.8, 4) is 6.01 Å². The van der Waals surface area contributed by atoms with Gasteiger partial charge in [0.25, 0.3) is 6.01 Å². The van der Waals surface area contributed by atoms with Gasteiger partial charge in [0.15, 0.2) is 11.5 Å². The summed E-state index contributed by atoms with van der Waals surface area (Å²) in [5.41, 5.74) is 7.15. The van der Waals surface area contributed by atoms with Gasteiger partial charge in [-0.3, -0.25) is 9.98 Å². The molecule has 0 saturated carbocycles. The second kappa shape index (κ2) is 7.85. The summed E-state index contributed by atoms with van der Waals surface area (Å²) in [5, 5.41) is 15.1. The van der Waals surface area contributed by atoms with E-state index >= 15 is 0 Å². The van der Waals surface area contributed by atoms with Gasteiger partial charge in [-0.05, 0) is 13.3 Å². The Labute approximate surface area is 140 Å². The van der Waals surface area contributed by atoms with Crippen molar-refractivity contribution in [2.75, 3.05) is 12.8 Å². The molecule has 0 aliphatic heterocycles. The number of rotatable bonds is 4. The van der Waals surface area contributed by atoms with Crippen LogP contribution >= 0.6 is 0 Å². The number of halogens is 3. The molecule has 2 aromatic rings. The fraction of sp³-hybridized carbons (Fsp3) is 0.538. The monoisotopic (exact) mass is 364 g/mol. The number of aliphatic carboxylic acids is 1. The van der Waals surface area contributed by atoms with Crippen LogP contribution in [0.2, 0.25) is 0 Å². The number of nitrogen functional groups attached to an aromatic ring is 1. The molecule has 5 N–H and O–H groups in total. The summed E-state index contributed by atoms with van der Waals surface area (Å²) < 4.78 is 38.6. The third kappa shape index (κ3) is 4.84. The maximum Gasteiger partial charge on any atom is 0.490 e. The van der Waals surface area contributed by atoms with Crippen molar-refractivity contribution in [1.82, 2.24) is 19.5 Å². The average molecular weight is 364 g/mol. The number of carboxylic acid groups (broad SMARTS) is 1. The summed E-state index contributed by atoms with van der Waals surface area (Å²) >= 11 is 0. The molecular weight excluding hydrogens is 345 g/mol. The van der Waals surface area contributed by atoms with E-state index in [0.717, 1.165) is 12.8 Å². The fourth-order valence-corrected chi connectivity index (χ4v) is 2.08. The molecule has 1 atom stereocenters. The fourth-order valence-electron chi connectivity index (χ4n) is 2.08. The smallest absolute Gasteiger partial charge is 0.475 e. The topological polar surface area (TPSA) is 143 Å². The third-order valence-electron chi connectivity index (χ3n) is 3.18. The highest BCUT2D eigenvalue weighted by molar-refractivity contribution is 5.82. The Bertz CT molecular complexity index is 799. The third-order valence-corrected chi connectivity index (χ3v) is 3.18. The second-order valence-electron chi connectivity index (χ2n) is 5.08. The van der Waals surface area contributed by atoms with E-state index in [1.54, 1.807) is 4.57 Å². The summed E-state index contributed by atoms with van der Waals surface area (Å²) in [5.74, 6) is -2.49. The molecule has 12 heteroatoms. The van der Waals surface area contributed by atoms with Crippen LogP contribution in [0.1, 0.15) is 32.7 Å². The summed E-state index contributed by atoms with van der Waals surface area (Å²) in [6, 6.07) is 0.521. The number of fused-ring (bicyclic) bond motifs is 1. The molecule has 0 bridgehead atoms. The lowest BCUT2D eigenvalue weighted by Gasteiger charge is -2.15. The number of imidazole rings is 1. The van der Waals surface area contributed by atoms with Gasteiger partial charge >= 0.3 is 12.1 Å². The number of ether oxygens (including phenoxy) is 1. The number of alkyl halides is 3. The quantitative estimate of drug-likeness (QED) is 0.652. The second-order valence-corrected chi connectivity index (χ2v) is 5.08. The predicted octanol–water partition coefficient (Wildman–Crippen LogP) is 1.82. The van der Waals surface area contributed by atoms with Crippen molar-refractivity contribution in [3.05, 3.63) is 5.62 Å². The van der Waals surface area contributed by atoms with Crippen molar-refractivity contribution in [1.29, 1.82) is 5.41 Å². The van der Waals surface area contributed by atoms with Crippen LogP contribution in [0.4, 0.5) is 19.0 Å². The number of carbonyl (C=O) groups is 1. The van der Waals surface area contributed by atoms with Crippen molar-refractivity contribution in [3.63, 3.8) is 0 Å². The molecule has 2 heterocycles. The largest absolute Gasteiger partial charge is 0.490 e. The van der Waals surface area contributed by atoms with Crippen molar-refractivity contribution in [2.45, 2.75) is 38.9 Å². The summed E-state index contributed by atoms with van der Waals surface area (Å²) in [6.07, 6.45) is -3.10. The maximum absolute atomic E-state index is 10.6. The molecule has 2 rings (SSSR count). The first-order valence-corrected chi connectivity index (χ1v) is 7.19. The molecule has 25 heavy (non-hydrogen) atoms. The minimum absolute atomic E-state index is 0.120. The first kappa shape index (κ1) is 20.3. The minimum Gasteiger partial charge on any atom is -0.475 e. The van der Waals surface area contributed by atoms with E-state index < -0.39 is 12.1 Å². The lowest BCUT2D eigenvalue weighted by atomic mass is 10.2. The van der Waals surface area contributed by atoms with Crippen LogP contribution in [0.3, 0.4) is 0 Å². The molecule has 0 radical (unpaired) electrons. The van der Waals surface area contributed by atoms with E-state index in [-0.39, 0.29) is 17.5 Å². The Balaban J connectivity index is 0.000000381. The molecule has 0 spiro atoms. The highest BCUT2D eigenvalue weighted by atomic mass is 19.4. The number of carboxylic acids is 1. The normalized spacial score (nSPS) is 12.4. The van der Waals surface area contributed by atoms with E-state index in [2.05, 4.69) is 21.9 Å². The van der Waals surface area contributed by atoms with E-state index in [9.17, 15) is 13.2 Å². The summed E-state index contributed by atoms with van der Waals surface area (Å²) in [4.78, 5) is 20.2. The standard InChI is InChI=1S/C11H18N6O.C2HF3O2/c1-4-5-6(2)17-9-7(8(12)15-10(17)13)14-11(16-9)18-3;3-2(4,5)1(6)7/h6H,4-5H2,1-3H3,(H,14,16)(H3,12,13,15);(H,6,7)/t6-;/m1./s1. The highest BCUT2D eigenvalue weighted by Gasteiger charge is 2.38. The molecule has 9 nitrogen and oxygen atoms in total. The van der Waals surface area contributed by atoms with Crippen molar-refractivity contribution >= 4 is 23.0 Å². The molecular formula is C13H19F3N6O3. The Hall–Kier alpha value is -2.79. The molecule has 140 valence electrons. The Morgan fingerprint density at radius 3 is 2.48 bits per heavy atom. The van der Waals surface area contributed by atoms with Gasteiger partial charge in [-0.2, -0.15) is 23.1 Å². The van der Waals surface area contributed by atoms with Gasteiger partial charge in [0.05, 0.1) is 7.11 Å². The van der Waals surface area contributed by atoms with Gasteiger partial charge in [0.2, 0.25) is 5.62 Å². The number of aromatic nitrogens is 4. The van der Waals surface area contributed by atoms with Gasteiger partial charge in [-0.15, -0.1) is 0 Å². The SMILES string of the molecule is CCC[C@@H](C)n1c(=N)nc(N)c2[nH]c(OC)nc21.O=C(O)C(F)(F)F. The molecule has 0 amide bonds. The number of aromatic amines is 1. The minimum atomic E-state index is -5.08. The number of nitrogens with zero attached hydrogens (tertiary/aromatic N) is 3. The molecule has 0 aliphatic carbocycles. The average Bonchev–Trinajstić information content (AvgIpc) is 2.91. The lowest BCUT2D eigenvalue weighted by Crippen LogP contribution is -2.27. The summed E-state index contributed by atoms with van der Waals surface area (Å²) in [6.45, 7) is 4.15. The zero-order valence-corrected chi connectivity index (χ0v) is 13.8. The van der Waals surface area contributed by atoms with Crippen LogP contribution in [-0.4, -0.2) is 43.9 Å². The first-order valence-electron chi connectivity index (χ1n) is 7.19. The van der Waals surface area contributed by atoms with Crippen LogP contribution < -0.4 is 16.1 Å². The van der Waals surface area contributed by atoms with Crippen LogP contribution in [0.25, 0.3) is 11.2 Å². The number of nitrogens with one attached hydrogen (secondary N) is 2. The Morgan fingerprint density at radius 2 is 2.04 bits per heavy atom. The van der Waals surface area contributed by atoms with E-state index in [0.29, 0.717) is 17.2 Å². The first-order chi connectivity index (χ1) is 11.5. The van der Waals surface area contributed by atoms with Crippen LogP contribution in [-0.2, 0) is 4.79 Å². The summed E-state index contributed by atoms with van der Waals surface area (Å²) in [7, 11) is 1.53. The molecule has 0 saturated heterocycles. The Kier molecular flexibility index (Phi) is 6.36. The van der Waals surface area contributed by atoms with Crippen molar-refractivity contribution in [2.24, 2.45) is 0 Å². The van der Waals surface area contributed by atoms with E-state index in [4.69, 9.17) is 25.8 Å². The number of hydrogen-bond acceptors (Lipinski definition) is 6. The van der Waals surface area contributed by atoms with E-state index in [1.807, 2.05) is 6.92 Å². The number of H-pyrrole nitrogens is 1. The van der Waals surface area contributed by atoms with Crippen LogP contribution in [0.5, 0.6) is 6.01 Å². The lowest BCUT2D eigenvalue weighted by molar-refractivity contribution is -0.192. The van der Waals surface area contributed by atoms with Crippen LogP contribution in [0.15, 0.2) is 0 Å². The molecule has 0 fully saturated rings. The molecule has 2 aromatic heterocycles. The maximum atomic E-state index is 10.6. The number of anilines is 1. The number of nitrogens with two attached hydrogens (primary N) is 1. The van der Waals surface area contributed by atoms with Gasteiger partial charge in [0.1, 0.15) is 5.52 Å². The zero-order chi connectivity index (χ0) is 19.4. The predicted molar refractivity (Wildman–Crippen MR) is 82.0 cm³/mol. The zero-order valence-electron chi connectivity index (χ0n) is 13.8. The van der Waals surface area contributed by atoms with E-state index in [1.165, 1.54) is 7.11 Å². The Morgan fingerprint density at radius 1 is 1.48 bits per heavy atom. The van der Waals surface area contributed by atoms with Gasteiger partial charge in [0, 0.05) is 6.04 Å². The highest BCUT2D eigenvalue weighted by Crippen LogP contribution is 2.22.